The minimum absolute atomic E-state index is 0.338. The van der Waals surface area contributed by atoms with Gasteiger partial charge in [-0.3, -0.25) is 0 Å². The van der Waals surface area contributed by atoms with Crippen molar-refractivity contribution >= 4 is 0 Å². The molecule has 1 atom stereocenters. The van der Waals surface area contributed by atoms with E-state index in [1.807, 2.05) is 13.8 Å². The molecule has 1 aliphatic rings. The molecule has 1 aromatic rings. The fraction of sp³-hybridized carbons (Fsp3) is 0.600. The highest BCUT2D eigenvalue weighted by Gasteiger charge is 2.38. The van der Waals surface area contributed by atoms with Crippen LogP contribution in [0, 0.1) is 5.41 Å². The smallest absolute Gasteiger partial charge is 0.00845 e. The SMILES string of the molecule is CC.CC1(CC(N)Cc2ccccc2)CC1. The molecule has 0 bridgehead atoms. The van der Waals surface area contributed by atoms with Gasteiger partial charge in [-0.15, -0.1) is 0 Å². The van der Waals surface area contributed by atoms with Crippen molar-refractivity contribution in [3.63, 3.8) is 0 Å². The Balaban J connectivity index is 0.000000606. The van der Waals surface area contributed by atoms with Crippen molar-refractivity contribution in [2.75, 3.05) is 0 Å². The first kappa shape index (κ1) is 13.2. The molecule has 0 aromatic heterocycles. The first-order chi connectivity index (χ1) is 7.68. The first-order valence-corrected chi connectivity index (χ1v) is 6.47. The molecule has 2 rings (SSSR count). The Bertz CT molecular complexity index is 288. The number of benzene rings is 1. The van der Waals surface area contributed by atoms with Gasteiger partial charge in [-0.05, 0) is 36.7 Å². The van der Waals surface area contributed by atoms with E-state index < -0.39 is 0 Å². The molecule has 1 unspecified atom stereocenters. The number of nitrogens with two attached hydrogens (primary N) is 1. The minimum Gasteiger partial charge on any atom is -0.327 e. The van der Waals surface area contributed by atoms with Gasteiger partial charge in [0.25, 0.3) is 0 Å². The third kappa shape index (κ3) is 4.36. The highest BCUT2D eigenvalue weighted by molar-refractivity contribution is 5.16. The van der Waals surface area contributed by atoms with E-state index in [1.165, 1.54) is 24.8 Å². The third-order valence-electron chi connectivity index (χ3n) is 3.20. The second-order valence-corrected chi connectivity index (χ2v) is 4.96. The zero-order valence-electron chi connectivity index (χ0n) is 10.9. The second kappa shape index (κ2) is 6.05. The Morgan fingerprint density at radius 1 is 1.19 bits per heavy atom. The van der Waals surface area contributed by atoms with Gasteiger partial charge in [-0.25, -0.2) is 0 Å². The Morgan fingerprint density at radius 2 is 1.75 bits per heavy atom. The van der Waals surface area contributed by atoms with E-state index in [9.17, 15) is 0 Å². The van der Waals surface area contributed by atoms with Crippen molar-refractivity contribution in [1.29, 1.82) is 0 Å². The second-order valence-electron chi connectivity index (χ2n) is 4.96. The molecule has 0 aliphatic heterocycles. The monoisotopic (exact) mass is 219 g/mol. The molecule has 2 N–H and O–H groups in total. The predicted molar refractivity (Wildman–Crippen MR) is 71.4 cm³/mol. The molecule has 0 heterocycles. The molecule has 1 fully saturated rings. The molecule has 0 saturated heterocycles. The van der Waals surface area contributed by atoms with Crippen LogP contribution >= 0.6 is 0 Å². The van der Waals surface area contributed by atoms with E-state index in [1.54, 1.807) is 0 Å². The van der Waals surface area contributed by atoms with Crippen LogP contribution in [0.15, 0.2) is 30.3 Å². The summed E-state index contributed by atoms with van der Waals surface area (Å²) in [6, 6.07) is 10.9. The van der Waals surface area contributed by atoms with Crippen molar-refractivity contribution in [1.82, 2.24) is 0 Å². The number of hydrogen-bond donors (Lipinski definition) is 1. The van der Waals surface area contributed by atoms with Gasteiger partial charge in [0, 0.05) is 6.04 Å². The van der Waals surface area contributed by atoms with Crippen LogP contribution in [-0.4, -0.2) is 6.04 Å². The van der Waals surface area contributed by atoms with Gasteiger partial charge < -0.3 is 5.73 Å². The average molecular weight is 219 g/mol. The topological polar surface area (TPSA) is 26.0 Å². The molecule has 1 nitrogen and oxygen atoms in total. The normalized spacial score (nSPS) is 18.2. The summed E-state index contributed by atoms with van der Waals surface area (Å²) in [6.07, 6.45) is 4.95. The lowest BCUT2D eigenvalue weighted by Gasteiger charge is -2.15. The molecular formula is C15H25N. The predicted octanol–water partition coefficient (Wildman–Crippen LogP) is 3.77. The Labute approximate surface area is 100 Å². The third-order valence-corrected chi connectivity index (χ3v) is 3.20. The van der Waals surface area contributed by atoms with Crippen LogP contribution in [0.5, 0.6) is 0 Å². The average Bonchev–Trinajstić information content (AvgIpc) is 3.00. The Kier molecular flexibility index (Phi) is 5.01. The van der Waals surface area contributed by atoms with E-state index in [4.69, 9.17) is 5.73 Å². The van der Waals surface area contributed by atoms with Crippen molar-refractivity contribution in [2.24, 2.45) is 11.1 Å². The van der Waals surface area contributed by atoms with E-state index in [0.29, 0.717) is 11.5 Å². The van der Waals surface area contributed by atoms with Gasteiger partial charge in [0.1, 0.15) is 0 Å². The largest absolute Gasteiger partial charge is 0.327 e. The van der Waals surface area contributed by atoms with E-state index in [-0.39, 0.29) is 0 Å². The summed E-state index contributed by atoms with van der Waals surface area (Å²) in [5.41, 5.74) is 8.07. The van der Waals surface area contributed by atoms with Crippen LogP contribution in [0.25, 0.3) is 0 Å². The number of hydrogen-bond acceptors (Lipinski definition) is 1. The molecule has 16 heavy (non-hydrogen) atoms. The zero-order valence-corrected chi connectivity index (χ0v) is 10.9. The summed E-state index contributed by atoms with van der Waals surface area (Å²) in [4.78, 5) is 0. The Hall–Kier alpha value is -0.820. The first-order valence-electron chi connectivity index (χ1n) is 6.47. The van der Waals surface area contributed by atoms with Crippen molar-refractivity contribution < 1.29 is 0 Å². The summed E-state index contributed by atoms with van der Waals surface area (Å²) in [5, 5.41) is 0. The van der Waals surface area contributed by atoms with Crippen LogP contribution in [0.4, 0.5) is 0 Å². The van der Waals surface area contributed by atoms with E-state index in [2.05, 4.69) is 37.3 Å². The molecule has 1 aliphatic carbocycles. The molecule has 0 radical (unpaired) electrons. The summed E-state index contributed by atoms with van der Waals surface area (Å²) in [7, 11) is 0. The maximum absolute atomic E-state index is 6.13. The highest BCUT2D eigenvalue weighted by atomic mass is 14.6. The molecule has 1 saturated carbocycles. The quantitative estimate of drug-likeness (QED) is 0.819. The Morgan fingerprint density at radius 3 is 2.25 bits per heavy atom. The van der Waals surface area contributed by atoms with Crippen LogP contribution < -0.4 is 5.73 Å². The van der Waals surface area contributed by atoms with E-state index >= 15 is 0 Å². The van der Waals surface area contributed by atoms with Crippen molar-refractivity contribution in [2.45, 2.75) is 52.5 Å². The fourth-order valence-corrected chi connectivity index (χ4v) is 2.04. The maximum Gasteiger partial charge on any atom is 0.00845 e. The summed E-state index contributed by atoms with van der Waals surface area (Å²) in [6.45, 7) is 6.35. The zero-order chi connectivity index (χ0) is 12.0. The van der Waals surface area contributed by atoms with Crippen LogP contribution in [0.2, 0.25) is 0 Å². The summed E-state index contributed by atoms with van der Waals surface area (Å²) < 4.78 is 0. The van der Waals surface area contributed by atoms with E-state index in [0.717, 1.165) is 6.42 Å². The van der Waals surface area contributed by atoms with Crippen LogP contribution in [0.1, 0.15) is 45.6 Å². The standard InChI is InChI=1S/C13H19N.C2H6/c1-13(7-8-13)10-12(14)9-11-5-3-2-4-6-11;1-2/h2-6,12H,7-10,14H2,1H3;1-2H3. The van der Waals surface area contributed by atoms with Gasteiger partial charge in [0.2, 0.25) is 0 Å². The summed E-state index contributed by atoms with van der Waals surface area (Å²) in [5.74, 6) is 0. The molecule has 0 spiro atoms. The van der Waals surface area contributed by atoms with Crippen LogP contribution in [0.3, 0.4) is 0 Å². The van der Waals surface area contributed by atoms with Crippen molar-refractivity contribution in [3.8, 4) is 0 Å². The maximum atomic E-state index is 6.13. The molecule has 90 valence electrons. The number of rotatable bonds is 4. The molecular weight excluding hydrogens is 194 g/mol. The molecule has 0 amide bonds. The van der Waals surface area contributed by atoms with Crippen LogP contribution in [-0.2, 0) is 6.42 Å². The minimum atomic E-state index is 0.338. The van der Waals surface area contributed by atoms with Gasteiger partial charge >= 0.3 is 0 Å². The van der Waals surface area contributed by atoms with Gasteiger partial charge in [0.05, 0.1) is 0 Å². The van der Waals surface area contributed by atoms with Crippen molar-refractivity contribution in [3.05, 3.63) is 35.9 Å². The summed E-state index contributed by atoms with van der Waals surface area (Å²) >= 11 is 0. The van der Waals surface area contributed by atoms with Gasteiger partial charge in [-0.2, -0.15) is 0 Å². The lowest BCUT2D eigenvalue weighted by atomic mass is 9.95. The highest BCUT2D eigenvalue weighted by Crippen LogP contribution is 2.48. The fourth-order valence-electron chi connectivity index (χ4n) is 2.04. The lowest BCUT2D eigenvalue weighted by molar-refractivity contribution is 0.445. The van der Waals surface area contributed by atoms with Gasteiger partial charge in [-0.1, -0.05) is 51.1 Å². The molecule has 1 aromatic carbocycles. The molecule has 1 heteroatoms. The lowest BCUT2D eigenvalue weighted by Crippen LogP contribution is -2.25. The van der Waals surface area contributed by atoms with Gasteiger partial charge in [0.15, 0.2) is 0 Å².